The van der Waals surface area contributed by atoms with Crippen molar-refractivity contribution in [2.24, 2.45) is 4.99 Å². The van der Waals surface area contributed by atoms with E-state index in [4.69, 9.17) is 14.5 Å². The molecule has 1 aromatic heterocycles. The lowest BCUT2D eigenvalue weighted by Gasteiger charge is -2.25. The van der Waals surface area contributed by atoms with Crippen LogP contribution in [0.2, 0.25) is 0 Å². The first-order valence-electron chi connectivity index (χ1n) is 10.1. The first-order valence-corrected chi connectivity index (χ1v) is 10.9. The van der Waals surface area contributed by atoms with E-state index in [1.165, 1.54) is 4.88 Å². The number of hydrogen-bond donors (Lipinski definition) is 2. The normalized spacial score (nSPS) is 11.6. The van der Waals surface area contributed by atoms with Gasteiger partial charge in [-0.3, -0.25) is 4.99 Å². The number of ether oxygens (including phenoxy) is 2. The van der Waals surface area contributed by atoms with Gasteiger partial charge in [-0.25, -0.2) is 4.98 Å². The number of aromatic nitrogens is 1. The number of aliphatic imine (C=N–C) groups is 1. The van der Waals surface area contributed by atoms with Gasteiger partial charge in [0.05, 0.1) is 25.8 Å². The van der Waals surface area contributed by atoms with Crippen LogP contribution in [0.5, 0.6) is 11.5 Å². The van der Waals surface area contributed by atoms with Crippen molar-refractivity contribution in [3.05, 3.63) is 39.8 Å². The van der Waals surface area contributed by atoms with Crippen molar-refractivity contribution in [3.63, 3.8) is 0 Å². The van der Waals surface area contributed by atoms with Gasteiger partial charge in [0, 0.05) is 36.0 Å². The lowest BCUT2D eigenvalue weighted by molar-refractivity contribution is 0.353. The molecule has 1 heterocycles. The fraction of sp³-hybridized carbons (Fsp3) is 0.545. The van der Waals surface area contributed by atoms with Crippen LogP contribution in [0.25, 0.3) is 0 Å². The molecule has 1 aromatic carbocycles. The average molecular weight is 547 g/mol. The van der Waals surface area contributed by atoms with Crippen LogP contribution in [0.3, 0.4) is 0 Å². The molecule has 168 valence electrons. The highest BCUT2D eigenvalue weighted by Gasteiger charge is 2.22. The van der Waals surface area contributed by atoms with Gasteiger partial charge in [-0.1, -0.05) is 26.8 Å². The van der Waals surface area contributed by atoms with E-state index >= 15 is 0 Å². The van der Waals surface area contributed by atoms with Crippen LogP contribution in [0, 0.1) is 0 Å². The Labute approximate surface area is 201 Å². The zero-order chi connectivity index (χ0) is 21.3. The molecular weight excluding hydrogens is 511 g/mol. The van der Waals surface area contributed by atoms with Gasteiger partial charge in [0.1, 0.15) is 0 Å². The minimum absolute atomic E-state index is 0. The topological polar surface area (TPSA) is 67.8 Å². The molecule has 8 heteroatoms. The zero-order valence-electron chi connectivity index (χ0n) is 18.9. The smallest absolute Gasteiger partial charge is 0.191 e. The van der Waals surface area contributed by atoms with E-state index in [0.717, 1.165) is 54.0 Å². The number of guanidine groups is 1. The molecule has 0 saturated heterocycles. The molecule has 0 aliphatic carbocycles. The Kier molecular flexibility index (Phi) is 11.5. The van der Waals surface area contributed by atoms with Crippen LogP contribution in [-0.2, 0) is 18.3 Å². The number of hydrogen-bond acceptors (Lipinski definition) is 5. The molecule has 0 radical (unpaired) electrons. The van der Waals surface area contributed by atoms with E-state index in [1.54, 1.807) is 25.6 Å². The molecule has 0 aliphatic rings. The molecule has 2 aromatic rings. The molecule has 0 saturated carbocycles. The standard InChI is InChI=1S/C22H34N4O2S.HI/c1-7-17-14-25-20(29-17)11-12-24-21(23-8-2)26-15-22(3,4)16-9-10-18(27-5)19(13-16)28-6;/h9-10,13-14H,7-8,11-12,15H2,1-6H3,(H2,23,24,26);1H. The summed E-state index contributed by atoms with van der Waals surface area (Å²) in [6.45, 7) is 10.9. The van der Waals surface area contributed by atoms with Crippen molar-refractivity contribution in [2.45, 2.75) is 46.0 Å². The van der Waals surface area contributed by atoms with Crippen molar-refractivity contribution in [3.8, 4) is 11.5 Å². The summed E-state index contributed by atoms with van der Waals surface area (Å²) in [7, 11) is 3.31. The molecule has 2 rings (SSSR count). The summed E-state index contributed by atoms with van der Waals surface area (Å²) in [6, 6.07) is 6.05. The first-order chi connectivity index (χ1) is 13.9. The largest absolute Gasteiger partial charge is 0.493 e. The van der Waals surface area contributed by atoms with Crippen molar-refractivity contribution < 1.29 is 9.47 Å². The molecule has 0 amide bonds. The van der Waals surface area contributed by atoms with E-state index < -0.39 is 0 Å². The van der Waals surface area contributed by atoms with E-state index in [0.29, 0.717) is 6.54 Å². The zero-order valence-corrected chi connectivity index (χ0v) is 22.0. The third-order valence-corrected chi connectivity index (χ3v) is 5.92. The maximum absolute atomic E-state index is 5.45. The summed E-state index contributed by atoms with van der Waals surface area (Å²) in [6.07, 6.45) is 3.92. The average Bonchev–Trinajstić information content (AvgIpc) is 3.19. The second-order valence-corrected chi connectivity index (χ2v) is 8.60. The highest BCUT2D eigenvalue weighted by molar-refractivity contribution is 14.0. The summed E-state index contributed by atoms with van der Waals surface area (Å²) in [5.41, 5.74) is 1.01. The SMILES string of the molecule is CCNC(=NCC(C)(C)c1ccc(OC)c(OC)c1)NCCc1ncc(CC)s1.I. The van der Waals surface area contributed by atoms with E-state index in [9.17, 15) is 0 Å². The number of benzene rings is 1. The van der Waals surface area contributed by atoms with Gasteiger partial charge in [0.25, 0.3) is 0 Å². The van der Waals surface area contributed by atoms with Crippen LogP contribution < -0.4 is 20.1 Å². The lowest BCUT2D eigenvalue weighted by Crippen LogP contribution is -2.39. The summed E-state index contributed by atoms with van der Waals surface area (Å²) in [4.78, 5) is 10.6. The fourth-order valence-electron chi connectivity index (χ4n) is 2.88. The van der Waals surface area contributed by atoms with Crippen molar-refractivity contribution in [2.75, 3.05) is 33.9 Å². The van der Waals surface area contributed by atoms with Crippen LogP contribution in [0.15, 0.2) is 29.4 Å². The van der Waals surface area contributed by atoms with Crippen LogP contribution in [0.4, 0.5) is 0 Å². The quantitative estimate of drug-likeness (QED) is 0.263. The van der Waals surface area contributed by atoms with Crippen LogP contribution >= 0.6 is 35.3 Å². The predicted molar refractivity (Wildman–Crippen MR) is 137 cm³/mol. The maximum atomic E-state index is 5.45. The molecule has 0 fully saturated rings. The van der Waals surface area contributed by atoms with Gasteiger partial charge in [-0.2, -0.15) is 0 Å². The Morgan fingerprint density at radius 2 is 1.87 bits per heavy atom. The molecule has 0 spiro atoms. The van der Waals surface area contributed by atoms with E-state index in [1.807, 2.05) is 18.3 Å². The summed E-state index contributed by atoms with van der Waals surface area (Å²) < 4.78 is 10.8. The van der Waals surface area contributed by atoms with E-state index in [2.05, 4.69) is 49.4 Å². The molecule has 6 nitrogen and oxygen atoms in total. The molecular formula is C22H35IN4O2S. The Morgan fingerprint density at radius 1 is 1.13 bits per heavy atom. The highest BCUT2D eigenvalue weighted by atomic mass is 127. The molecule has 0 bridgehead atoms. The summed E-state index contributed by atoms with van der Waals surface area (Å²) in [5, 5.41) is 7.91. The van der Waals surface area contributed by atoms with Crippen molar-refractivity contribution in [1.82, 2.24) is 15.6 Å². The molecule has 2 N–H and O–H groups in total. The van der Waals surface area contributed by atoms with Crippen molar-refractivity contribution >= 4 is 41.3 Å². The van der Waals surface area contributed by atoms with Crippen molar-refractivity contribution in [1.29, 1.82) is 0 Å². The number of methoxy groups -OCH3 is 2. The lowest BCUT2D eigenvalue weighted by atomic mass is 9.84. The Balaban J connectivity index is 0.00000450. The minimum Gasteiger partial charge on any atom is -0.493 e. The number of thiazole rings is 1. The fourth-order valence-corrected chi connectivity index (χ4v) is 3.74. The van der Waals surface area contributed by atoms with E-state index in [-0.39, 0.29) is 29.4 Å². The minimum atomic E-state index is -0.146. The molecule has 30 heavy (non-hydrogen) atoms. The monoisotopic (exact) mass is 546 g/mol. The van der Waals surface area contributed by atoms with Gasteiger partial charge in [0.15, 0.2) is 17.5 Å². The maximum Gasteiger partial charge on any atom is 0.191 e. The number of nitrogens with one attached hydrogen (secondary N) is 2. The van der Waals surface area contributed by atoms with Gasteiger partial charge in [-0.05, 0) is 31.0 Å². The van der Waals surface area contributed by atoms with Gasteiger partial charge in [0.2, 0.25) is 0 Å². The van der Waals surface area contributed by atoms with Crippen LogP contribution in [0.1, 0.15) is 43.1 Å². The molecule has 0 aliphatic heterocycles. The third-order valence-electron chi connectivity index (χ3n) is 4.72. The number of nitrogens with zero attached hydrogens (tertiary/aromatic N) is 2. The predicted octanol–water partition coefficient (Wildman–Crippen LogP) is 4.42. The third kappa shape index (κ3) is 7.61. The second kappa shape index (κ2) is 13.0. The van der Waals surface area contributed by atoms with Gasteiger partial charge < -0.3 is 20.1 Å². The number of rotatable bonds is 10. The Hall–Kier alpha value is -1.55. The first kappa shape index (κ1) is 26.5. The highest BCUT2D eigenvalue weighted by Crippen LogP contribution is 2.33. The Bertz CT molecular complexity index is 808. The number of aryl methyl sites for hydroxylation is 1. The van der Waals surface area contributed by atoms with Gasteiger partial charge in [-0.15, -0.1) is 35.3 Å². The van der Waals surface area contributed by atoms with Crippen LogP contribution in [-0.4, -0.2) is 44.8 Å². The molecule has 0 unspecified atom stereocenters. The summed E-state index contributed by atoms with van der Waals surface area (Å²) >= 11 is 1.79. The number of halogens is 1. The molecule has 0 atom stereocenters. The summed E-state index contributed by atoms with van der Waals surface area (Å²) in [5.74, 6) is 2.30. The van der Waals surface area contributed by atoms with Gasteiger partial charge >= 0.3 is 0 Å². The Morgan fingerprint density at radius 3 is 2.47 bits per heavy atom. The second-order valence-electron chi connectivity index (χ2n) is 7.40.